The molecule has 0 aromatic heterocycles. The largest absolute Gasteiger partial charge is 0.573 e. The number of alkyl halides is 3. The minimum atomic E-state index is -4.76. The van der Waals surface area contributed by atoms with Crippen molar-refractivity contribution < 1.29 is 32.2 Å². The van der Waals surface area contributed by atoms with Crippen LogP contribution in [0.5, 0.6) is 5.75 Å². The maximum Gasteiger partial charge on any atom is 0.573 e. The van der Waals surface area contributed by atoms with Crippen molar-refractivity contribution in [2.45, 2.75) is 31.2 Å². The van der Waals surface area contributed by atoms with Crippen LogP contribution in [0, 0.1) is 5.92 Å². The predicted octanol–water partition coefficient (Wildman–Crippen LogP) is 4.45. The SMILES string of the molecule is O=C1CO[C@H]2CCN(C(=O)N3CC(c4ccc(-c5ccccc5OC(F)(F)F)cc4)C3)C[C@H]2C1. The summed E-state index contributed by atoms with van der Waals surface area (Å²) in [5.41, 5.74) is 2.03. The highest BCUT2D eigenvalue weighted by Crippen LogP contribution is 2.36. The molecular weight excluding hydrogens is 449 g/mol. The maximum atomic E-state index is 12.9. The van der Waals surface area contributed by atoms with Gasteiger partial charge in [0.05, 0.1) is 6.10 Å². The van der Waals surface area contributed by atoms with Gasteiger partial charge in [0.2, 0.25) is 0 Å². The minimum Gasteiger partial charge on any atom is -0.405 e. The average molecular weight is 474 g/mol. The quantitative estimate of drug-likeness (QED) is 0.660. The van der Waals surface area contributed by atoms with Crippen LogP contribution < -0.4 is 4.74 Å². The van der Waals surface area contributed by atoms with E-state index in [4.69, 9.17) is 4.74 Å². The van der Waals surface area contributed by atoms with Crippen molar-refractivity contribution >= 4 is 11.8 Å². The number of hydrogen-bond acceptors (Lipinski definition) is 4. The Labute approximate surface area is 195 Å². The fraction of sp³-hybridized carbons (Fsp3) is 0.440. The highest BCUT2D eigenvalue weighted by Gasteiger charge is 2.40. The normalized spacial score (nSPS) is 23.3. The van der Waals surface area contributed by atoms with E-state index in [1.54, 1.807) is 29.2 Å². The van der Waals surface area contributed by atoms with Crippen LogP contribution in [0.2, 0.25) is 0 Å². The molecule has 3 fully saturated rings. The van der Waals surface area contributed by atoms with Gasteiger partial charge in [0.25, 0.3) is 0 Å². The molecule has 0 radical (unpaired) electrons. The number of likely N-dealkylation sites (tertiary alicyclic amines) is 2. The zero-order valence-electron chi connectivity index (χ0n) is 18.5. The number of rotatable bonds is 3. The molecule has 5 rings (SSSR count). The summed E-state index contributed by atoms with van der Waals surface area (Å²) in [4.78, 5) is 28.2. The van der Waals surface area contributed by atoms with Crippen LogP contribution in [0.15, 0.2) is 48.5 Å². The summed E-state index contributed by atoms with van der Waals surface area (Å²) in [5, 5.41) is 0. The van der Waals surface area contributed by atoms with Gasteiger partial charge in [-0.05, 0) is 23.6 Å². The third kappa shape index (κ3) is 4.75. The molecule has 0 spiro atoms. The molecule has 0 bridgehead atoms. The molecule has 3 heterocycles. The monoisotopic (exact) mass is 474 g/mol. The van der Waals surface area contributed by atoms with E-state index in [-0.39, 0.29) is 42.1 Å². The minimum absolute atomic E-state index is 0.0115. The molecule has 0 N–H and O–H groups in total. The molecule has 2 atom stereocenters. The summed E-state index contributed by atoms with van der Waals surface area (Å²) in [7, 11) is 0. The molecular formula is C25H25F3N2O4. The molecule has 34 heavy (non-hydrogen) atoms. The number of ketones is 1. The van der Waals surface area contributed by atoms with Gasteiger partial charge in [-0.25, -0.2) is 4.79 Å². The number of amides is 2. The van der Waals surface area contributed by atoms with Crippen molar-refractivity contribution in [3.05, 3.63) is 54.1 Å². The number of benzene rings is 2. The molecule has 0 aliphatic carbocycles. The molecule has 6 nitrogen and oxygen atoms in total. The van der Waals surface area contributed by atoms with Crippen molar-refractivity contribution in [3.8, 4) is 16.9 Å². The van der Waals surface area contributed by atoms with Gasteiger partial charge in [-0.3, -0.25) is 4.79 Å². The second-order valence-corrected chi connectivity index (χ2v) is 9.14. The van der Waals surface area contributed by atoms with Crippen molar-refractivity contribution in [2.24, 2.45) is 5.92 Å². The number of carbonyl (C=O) groups excluding carboxylic acids is 2. The topological polar surface area (TPSA) is 59.1 Å². The van der Waals surface area contributed by atoms with E-state index < -0.39 is 6.36 Å². The van der Waals surface area contributed by atoms with Gasteiger partial charge < -0.3 is 19.3 Å². The lowest BCUT2D eigenvalue weighted by Gasteiger charge is -2.46. The van der Waals surface area contributed by atoms with Crippen molar-refractivity contribution in [1.82, 2.24) is 9.80 Å². The molecule has 3 aliphatic rings. The van der Waals surface area contributed by atoms with E-state index in [0.29, 0.717) is 43.7 Å². The van der Waals surface area contributed by atoms with Crippen LogP contribution in [0.4, 0.5) is 18.0 Å². The lowest BCUT2D eigenvalue weighted by atomic mass is 9.87. The van der Waals surface area contributed by atoms with Gasteiger partial charge in [0.15, 0.2) is 5.78 Å². The Hall–Kier alpha value is -3.07. The van der Waals surface area contributed by atoms with Crippen LogP contribution in [-0.2, 0) is 9.53 Å². The molecule has 2 aromatic rings. The summed E-state index contributed by atoms with van der Waals surface area (Å²) < 4.78 is 47.9. The number of halogens is 3. The molecule has 2 aromatic carbocycles. The van der Waals surface area contributed by atoms with Gasteiger partial charge in [-0.2, -0.15) is 0 Å². The van der Waals surface area contributed by atoms with Gasteiger partial charge in [0.1, 0.15) is 12.4 Å². The molecule has 180 valence electrons. The van der Waals surface area contributed by atoms with Gasteiger partial charge >= 0.3 is 12.4 Å². The fourth-order valence-electron chi connectivity index (χ4n) is 5.05. The van der Waals surface area contributed by atoms with Crippen LogP contribution >= 0.6 is 0 Å². The summed E-state index contributed by atoms with van der Waals surface area (Å²) in [6.07, 6.45) is -3.47. The van der Waals surface area contributed by atoms with Crippen molar-refractivity contribution in [1.29, 1.82) is 0 Å². The first-order valence-corrected chi connectivity index (χ1v) is 11.4. The Kier molecular flexibility index (Phi) is 5.97. The lowest BCUT2D eigenvalue weighted by molar-refractivity contribution is -0.274. The third-order valence-corrected chi connectivity index (χ3v) is 6.84. The Morgan fingerprint density at radius 1 is 1.00 bits per heavy atom. The van der Waals surface area contributed by atoms with E-state index in [9.17, 15) is 22.8 Å². The molecule has 0 saturated carbocycles. The fourth-order valence-corrected chi connectivity index (χ4v) is 5.05. The molecule has 3 aliphatic heterocycles. The standard InChI is InChI=1S/C25H25F3N2O4/c26-25(27,28)34-23-4-2-1-3-21(23)17-7-5-16(6-8-17)19-13-30(14-19)24(32)29-10-9-22-18(12-29)11-20(31)15-33-22/h1-8,18-19,22H,9-15H2/t18-,22+/m1/s1. The summed E-state index contributed by atoms with van der Waals surface area (Å²) in [6, 6.07) is 13.4. The first-order valence-electron chi connectivity index (χ1n) is 11.4. The summed E-state index contributed by atoms with van der Waals surface area (Å²) >= 11 is 0. The predicted molar refractivity (Wildman–Crippen MR) is 117 cm³/mol. The summed E-state index contributed by atoms with van der Waals surface area (Å²) in [5.74, 6) is 0.108. The number of nitrogens with zero attached hydrogens (tertiary/aromatic N) is 2. The molecule has 2 amide bonds. The number of ether oxygens (including phenoxy) is 2. The van der Waals surface area contributed by atoms with Crippen LogP contribution in [0.1, 0.15) is 24.3 Å². The Morgan fingerprint density at radius 2 is 1.74 bits per heavy atom. The molecule has 3 saturated heterocycles. The number of fused-ring (bicyclic) bond motifs is 1. The van der Waals surface area contributed by atoms with Crippen molar-refractivity contribution in [3.63, 3.8) is 0 Å². The second-order valence-electron chi connectivity index (χ2n) is 9.14. The lowest BCUT2D eigenvalue weighted by Crippen LogP contribution is -2.58. The Balaban J connectivity index is 1.19. The zero-order valence-corrected chi connectivity index (χ0v) is 18.5. The molecule has 0 unspecified atom stereocenters. The van der Waals surface area contributed by atoms with E-state index in [2.05, 4.69) is 4.74 Å². The van der Waals surface area contributed by atoms with Crippen LogP contribution in [0.3, 0.4) is 0 Å². The van der Waals surface area contributed by atoms with Crippen molar-refractivity contribution in [2.75, 3.05) is 32.8 Å². The van der Waals surface area contributed by atoms with E-state index >= 15 is 0 Å². The van der Waals surface area contributed by atoms with E-state index in [1.807, 2.05) is 17.0 Å². The number of urea groups is 1. The second kappa shape index (κ2) is 8.94. The highest BCUT2D eigenvalue weighted by atomic mass is 19.4. The zero-order chi connectivity index (χ0) is 23.9. The number of piperidine rings is 1. The van der Waals surface area contributed by atoms with Crippen LogP contribution in [-0.4, -0.2) is 66.9 Å². The third-order valence-electron chi connectivity index (χ3n) is 6.84. The Bertz CT molecular complexity index is 1070. The number of carbonyl (C=O) groups is 2. The molecule has 9 heteroatoms. The van der Waals surface area contributed by atoms with Crippen LogP contribution in [0.25, 0.3) is 11.1 Å². The number of Topliss-reactive ketones (excluding diaryl/α,β-unsaturated/α-hetero) is 1. The smallest absolute Gasteiger partial charge is 0.405 e. The summed E-state index contributed by atoms with van der Waals surface area (Å²) in [6.45, 7) is 2.54. The first kappa shape index (κ1) is 22.7. The number of para-hydroxylation sites is 1. The number of hydrogen-bond donors (Lipinski definition) is 0. The maximum absolute atomic E-state index is 12.9. The average Bonchev–Trinajstić information content (AvgIpc) is 2.77. The van der Waals surface area contributed by atoms with Gasteiger partial charge in [-0.1, -0.05) is 42.5 Å². The van der Waals surface area contributed by atoms with E-state index in [1.165, 1.54) is 12.1 Å². The van der Waals surface area contributed by atoms with Gasteiger partial charge in [0, 0.05) is 50.0 Å². The van der Waals surface area contributed by atoms with Gasteiger partial charge in [-0.15, -0.1) is 13.2 Å². The first-order chi connectivity index (χ1) is 16.3. The highest BCUT2D eigenvalue weighted by molar-refractivity contribution is 5.81. The van der Waals surface area contributed by atoms with E-state index in [0.717, 1.165) is 12.0 Å². The Morgan fingerprint density at radius 3 is 2.47 bits per heavy atom.